The van der Waals surface area contributed by atoms with Crippen molar-refractivity contribution in [3.05, 3.63) is 35.4 Å². The lowest BCUT2D eigenvalue weighted by Gasteiger charge is -2.26. The first-order valence-corrected chi connectivity index (χ1v) is 6.87. The van der Waals surface area contributed by atoms with Gasteiger partial charge < -0.3 is 9.84 Å². The van der Waals surface area contributed by atoms with Gasteiger partial charge in [-0.15, -0.1) is 0 Å². The van der Waals surface area contributed by atoms with Gasteiger partial charge in [-0.25, -0.2) is 0 Å². The van der Waals surface area contributed by atoms with Crippen molar-refractivity contribution >= 4 is 5.97 Å². The van der Waals surface area contributed by atoms with E-state index < -0.39 is 17.7 Å². The van der Waals surface area contributed by atoms with Gasteiger partial charge in [-0.2, -0.15) is 13.2 Å². The number of rotatable bonds is 4. The molecule has 1 saturated carbocycles. The molecule has 0 atom stereocenters. The molecule has 116 valence electrons. The third-order valence-electron chi connectivity index (χ3n) is 3.79. The van der Waals surface area contributed by atoms with E-state index in [2.05, 4.69) is 0 Å². The standard InChI is InChI=1S/C15H17F3O3/c16-15(17,18)12-5-1-10(2-6-12)9-21-13-7-3-11(4-8-13)14(19)20/h1-2,5-6,11,13H,3-4,7-9H2,(H,19,20). The average Bonchev–Trinajstić information content (AvgIpc) is 2.45. The van der Waals surface area contributed by atoms with E-state index in [1.54, 1.807) is 0 Å². The van der Waals surface area contributed by atoms with Crippen LogP contribution in [0.1, 0.15) is 36.8 Å². The second-order valence-corrected chi connectivity index (χ2v) is 5.32. The SMILES string of the molecule is O=C(O)C1CCC(OCc2ccc(C(F)(F)F)cc2)CC1. The van der Waals surface area contributed by atoms with Gasteiger partial charge in [-0.3, -0.25) is 4.79 Å². The van der Waals surface area contributed by atoms with E-state index in [1.807, 2.05) is 0 Å². The van der Waals surface area contributed by atoms with Gasteiger partial charge in [0.2, 0.25) is 0 Å². The molecule has 1 N–H and O–H groups in total. The fourth-order valence-electron chi connectivity index (χ4n) is 2.48. The topological polar surface area (TPSA) is 46.5 Å². The maximum Gasteiger partial charge on any atom is 0.416 e. The highest BCUT2D eigenvalue weighted by Gasteiger charge is 2.30. The number of hydrogen-bond acceptors (Lipinski definition) is 2. The summed E-state index contributed by atoms with van der Waals surface area (Å²) in [7, 11) is 0. The van der Waals surface area contributed by atoms with E-state index in [0.29, 0.717) is 31.2 Å². The number of aliphatic carboxylic acids is 1. The van der Waals surface area contributed by atoms with E-state index >= 15 is 0 Å². The molecule has 1 aliphatic rings. The van der Waals surface area contributed by atoms with E-state index in [0.717, 1.165) is 12.1 Å². The van der Waals surface area contributed by atoms with Crippen LogP contribution in [0.15, 0.2) is 24.3 Å². The van der Waals surface area contributed by atoms with Crippen LogP contribution in [-0.4, -0.2) is 17.2 Å². The minimum absolute atomic E-state index is 0.0112. The summed E-state index contributed by atoms with van der Waals surface area (Å²) in [5.74, 6) is -1.06. The maximum absolute atomic E-state index is 12.4. The number of benzene rings is 1. The molecule has 21 heavy (non-hydrogen) atoms. The van der Waals surface area contributed by atoms with Crippen molar-refractivity contribution in [3.8, 4) is 0 Å². The number of carbonyl (C=O) groups is 1. The molecule has 3 nitrogen and oxygen atoms in total. The number of hydrogen-bond donors (Lipinski definition) is 1. The Bertz CT molecular complexity index is 474. The van der Waals surface area contributed by atoms with Crippen molar-refractivity contribution in [2.75, 3.05) is 0 Å². The summed E-state index contributed by atoms with van der Waals surface area (Å²) in [6, 6.07) is 4.90. The van der Waals surface area contributed by atoms with Crippen LogP contribution >= 0.6 is 0 Å². The largest absolute Gasteiger partial charge is 0.481 e. The van der Waals surface area contributed by atoms with Crippen LogP contribution in [-0.2, 0) is 22.3 Å². The number of halogens is 3. The Kier molecular flexibility index (Phi) is 4.88. The fourth-order valence-corrected chi connectivity index (χ4v) is 2.48. The molecule has 1 fully saturated rings. The molecule has 1 aliphatic carbocycles. The Morgan fingerprint density at radius 3 is 2.19 bits per heavy atom. The predicted molar refractivity (Wildman–Crippen MR) is 69.6 cm³/mol. The van der Waals surface area contributed by atoms with Gasteiger partial charge in [0.15, 0.2) is 0 Å². The summed E-state index contributed by atoms with van der Waals surface area (Å²) in [6.07, 6.45) is -1.80. The molecule has 0 saturated heterocycles. The van der Waals surface area contributed by atoms with Crippen molar-refractivity contribution in [2.45, 2.75) is 44.6 Å². The summed E-state index contributed by atoms with van der Waals surface area (Å²) in [4.78, 5) is 10.8. The molecule has 0 bridgehead atoms. The summed E-state index contributed by atoms with van der Waals surface area (Å²) in [6.45, 7) is 0.251. The Labute approximate surface area is 120 Å². The van der Waals surface area contributed by atoms with Crippen LogP contribution in [0.2, 0.25) is 0 Å². The minimum Gasteiger partial charge on any atom is -0.481 e. The molecule has 1 aromatic rings. The number of carboxylic acids is 1. The highest BCUT2D eigenvalue weighted by molar-refractivity contribution is 5.70. The zero-order chi connectivity index (χ0) is 15.5. The van der Waals surface area contributed by atoms with E-state index in [1.165, 1.54) is 12.1 Å². The van der Waals surface area contributed by atoms with Crippen molar-refractivity contribution in [2.24, 2.45) is 5.92 Å². The zero-order valence-electron chi connectivity index (χ0n) is 11.4. The summed E-state index contributed by atoms with van der Waals surface area (Å²) in [5.41, 5.74) is 0.0107. The van der Waals surface area contributed by atoms with Gasteiger partial charge in [-0.05, 0) is 43.4 Å². The maximum atomic E-state index is 12.4. The van der Waals surface area contributed by atoms with Crippen molar-refractivity contribution in [1.29, 1.82) is 0 Å². The summed E-state index contributed by atoms with van der Waals surface area (Å²) in [5, 5.41) is 8.89. The van der Waals surface area contributed by atoms with Crippen LogP contribution in [0, 0.1) is 5.92 Å². The molecule has 2 rings (SSSR count). The van der Waals surface area contributed by atoms with Gasteiger partial charge in [0.05, 0.1) is 24.2 Å². The lowest BCUT2D eigenvalue weighted by molar-refractivity contribution is -0.144. The molecular weight excluding hydrogens is 285 g/mol. The second-order valence-electron chi connectivity index (χ2n) is 5.32. The molecule has 1 aromatic carbocycles. The van der Waals surface area contributed by atoms with Crippen molar-refractivity contribution in [1.82, 2.24) is 0 Å². The van der Waals surface area contributed by atoms with Gasteiger partial charge in [0, 0.05) is 0 Å². The first kappa shape index (κ1) is 15.8. The van der Waals surface area contributed by atoms with Crippen molar-refractivity contribution in [3.63, 3.8) is 0 Å². The lowest BCUT2D eigenvalue weighted by atomic mass is 9.87. The molecule has 0 radical (unpaired) electrons. The van der Waals surface area contributed by atoms with Gasteiger partial charge in [-0.1, -0.05) is 12.1 Å². The Balaban J connectivity index is 1.80. The third kappa shape index (κ3) is 4.46. The highest BCUT2D eigenvalue weighted by Crippen LogP contribution is 2.30. The second kappa shape index (κ2) is 6.47. The normalized spacial score (nSPS) is 23.0. The molecule has 0 unspecified atom stereocenters. The molecule has 0 amide bonds. The molecule has 0 spiro atoms. The fraction of sp³-hybridized carbons (Fsp3) is 0.533. The number of carboxylic acid groups (broad SMARTS) is 1. The minimum atomic E-state index is -4.32. The monoisotopic (exact) mass is 302 g/mol. The van der Waals surface area contributed by atoms with E-state index in [-0.39, 0.29) is 18.6 Å². The van der Waals surface area contributed by atoms with Crippen LogP contribution in [0.5, 0.6) is 0 Å². The highest BCUT2D eigenvalue weighted by atomic mass is 19.4. The van der Waals surface area contributed by atoms with Gasteiger partial charge >= 0.3 is 12.1 Å². The quantitative estimate of drug-likeness (QED) is 0.918. The van der Waals surface area contributed by atoms with Gasteiger partial charge in [0.25, 0.3) is 0 Å². The Morgan fingerprint density at radius 2 is 1.71 bits per heavy atom. The smallest absolute Gasteiger partial charge is 0.416 e. The Morgan fingerprint density at radius 1 is 1.14 bits per heavy atom. The zero-order valence-corrected chi connectivity index (χ0v) is 11.4. The van der Waals surface area contributed by atoms with Crippen LogP contribution in [0.4, 0.5) is 13.2 Å². The average molecular weight is 302 g/mol. The summed E-state index contributed by atoms with van der Waals surface area (Å²) < 4.78 is 42.9. The Hall–Kier alpha value is -1.56. The van der Waals surface area contributed by atoms with Crippen LogP contribution in [0.25, 0.3) is 0 Å². The molecular formula is C15H17F3O3. The number of ether oxygens (including phenoxy) is 1. The van der Waals surface area contributed by atoms with E-state index in [4.69, 9.17) is 9.84 Å². The molecule has 0 aromatic heterocycles. The number of alkyl halides is 3. The molecule has 0 heterocycles. The first-order valence-electron chi connectivity index (χ1n) is 6.87. The van der Waals surface area contributed by atoms with Crippen LogP contribution in [0.3, 0.4) is 0 Å². The predicted octanol–water partition coefficient (Wildman–Crippen LogP) is 3.87. The summed E-state index contributed by atoms with van der Waals surface area (Å²) >= 11 is 0. The van der Waals surface area contributed by atoms with E-state index in [9.17, 15) is 18.0 Å². The van der Waals surface area contributed by atoms with Crippen LogP contribution < -0.4 is 0 Å². The van der Waals surface area contributed by atoms with Crippen molar-refractivity contribution < 1.29 is 27.8 Å². The molecule has 6 heteroatoms. The third-order valence-corrected chi connectivity index (χ3v) is 3.79. The first-order chi connectivity index (χ1) is 9.86. The van der Waals surface area contributed by atoms with Gasteiger partial charge in [0.1, 0.15) is 0 Å². The lowest BCUT2D eigenvalue weighted by Crippen LogP contribution is -2.25. The molecule has 0 aliphatic heterocycles.